The summed E-state index contributed by atoms with van der Waals surface area (Å²) in [6.07, 6.45) is 5.75. The molecule has 1 saturated heterocycles. The van der Waals surface area contributed by atoms with Gasteiger partial charge in [0, 0.05) is 12.0 Å². The number of rotatable bonds is 8. The number of nitrogens with one attached hydrogen (secondary N) is 1. The van der Waals surface area contributed by atoms with E-state index in [0.717, 1.165) is 55.1 Å². The van der Waals surface area contributed by atoms with Crippen LogP contribution in [0.15, 0.2) is 36.4 Å². The van der Waals surface area contributed by atoms with E-state index in [4.69, 9.17) is 19.6 Å². The lowest BCUT2D eigenvalue weighted by Crippen LogP contribution is -2.30. The van der Waals surface area contributed by atoms with Gasteiger partial charge in [-0.15, -0.1) is 0 Å². The molecule has 2 aliphatic rings. The van der Waals surface area contributed by atoms with Crippen LogP contribution in [0, 0.1) is 5.92 Å². The van der Waals surface area contributed by atoms with Crippen molar-refractivity contribution in [2.45, 2.75) is 38.0 Å². The van der Waals surface area contributed by atoms with E-state index in [1.165, 1.54) is 6.07 Å². The molecule has 11 heteroatoms. The minimum atomic E-state index is -3.76. The van der Waals surface area contributed by atoms with Crippen molar-refractivity contribution in [1.29, 1.82) is 0 Å². The van der Waals surface area contributed by atoms with Gasteiger partial charge >= 0.3 is 0 Å². The fourth-order valence-electron chi connectivity index (χ4n) is 4.34. The molecule has 1 amide bonds. The molecule has 0 spiro atoms. The number of nitrogens with zero attached hydrogens (tertiary/aromatic N) is 3. The standard InChI is InChI=1S/C24H28N4O6S/c1-35(30,31)27-24(29)19-14-20(32-12-10-16-11-13-33-34-15-16)21-22(17-6-5-7-17)26-28(23(21)25-19)18-8-3-2-4-9-18/h2-4,8-9,14,16-17H,5-7,10-13,15H2,1H3,(H,27,29). The first-order chi connectivity index (χ1) is 16.9. The highest BCUT2D eigenvalue weighted by molar-refractivity contribution is 7.89. The normalized spacial score (nSPS) is 18.8. The third kappa shape index (κ3) is 5.31. The van der Waals surface area contributed by atoms with Crippen molar-refractivity contribution >= 4 is 27.0 Å². The predicted octanol–water partition coefficient (Wildman–Crippen LogP) is 3.11. The van der Waals surface area contributed by atoms with Gasteiger partial charge in [-0.25, -0.2) is 32.6 Å². The molecule has 3 aromatic rings. The first-order valence-electron chi connectivity index (χ1n) is 11.8. The van der Waals surface area contributed by atoms with Gasteiger partial charge in [0.05, 0.1) is 42.8 Å². The van der Waals surface area contributed by atoms with E-state index in [-0.39, 0.29) is 11.6 Å². The van der Waals surface area contributed by atoms with E-state index in [0.29, 0.717) is 37.1 Å². The molecule has 3 heterocycles. The van der Waals surface area contributed by atoms with Crippen molar-refractivity contribution in [2.75, 3.05) is 26.1 Å². The molecular weight excluding hydrogens is 472 g/mol. The fourth-order valence-corrected chi connectivity index (χ4v) is 4.78. The monoisotopic (exact) mass is 500 g/mol. The maximum Gasteiger partial charge on any atom is 0.283 e. The van der Waals surface area contributed by atoms with Gasteiger partial charge in [-0.2, -0.15) is 5.10 Å². The Morgan fingerprint density at radius 2 is 2.00 bits per heavy atom. The summed E-state index contributed by atoms with van der Waals surface area (Å²) < 4.78 is 33.4. The number of fused-ring (bicyclic) bond motifs is 1. The van der Waals surface area contributed by atoms with Gasteiger partial charge in [0.1, 0.15) is 11.4 Å². The van der Waals surface area contributed by atoms with Crippen molar-refractivity contribution in [3.63, 3.8) is 0 Å². The number of sulfonamides is 1. The predicted molar refractivity (Wildman–Crippen MR) is 128 cm³/mol. The SMILES string of the molecule is CS(=O)(=O)NC(=O)c1cc(OCCC2CCOOC2)c2c(C3CCC3)nn(-c3ccccc3)c2n1. The lowest BCUT2D eigenvalue weighted by molar-refractivity contribution is -0.324. The summed E-state index contributed by atoms with van der Waals surface area (Å²) in [5.74, 6) is 0.257. The van der Waals surface area contributed by atoms with Gasteiger partial charge in [-0.05, 0) is 43.7 Å². The third-order valence-electron chi connectivity index (χ3n) is 6.41. The fraction of sp³-hybridized carbons (Fsp3) is 0.458. The molecule has 1 N–H and O–H groups in total. The van der Waals surface area contributed by atoms with Gasteiger partial charge in [0.15, 0.2) is 5.65 Å². The maximum atomic E-state index is 12.8. The van der Waals surface area contributed by atoms with E-state index in [1.54, 1.807) is 4.68 Å². The third-order valence-corrected chi connectivity index (χ3v) is 6.97. The van der Waals surface area contributed by atoms with E-state index in [2.05, 4.69) is 4.98 Å². The lowest BCUT2D eigenvalue weighted by Gasteiger charge is -2.24. The van der Waals surface area contributed by atoms with Crippen molar-refractivity contribution in [3.8, 4) is 11.4 Å². The second-order valence-corrected chi connectivity index (χ2v) is 10.8. The van der Waals surface area contributed by atoms with E-state index >= 15 is 0 Å². The average molecular weight is 501 g/mol. The van der Waals surface area contributed by atoms with Crippen LogP contribution in [0.5, 0.6) is 5.75 Å². The minimum absolute atomic E-state index is 0.0513. The number of hydrogen-bond donors (Lipinski definition) is 1. The molecule has 0 radical (unpaired) electrons. The molecule has 186 valence electrons. The molecule has 10 nitrogen and oxygen atoms in total. The van der Waals surface area contributed by atoms with E-state index in [9.17, 15) is 13.2 Å². The van der Waals surface area contributed by atoms with Crippen LogP contribution in [0.1, 0.15) is 54.2 Å². The smallest absolute Gasteiger partial charge is 0.283 e. The Morgan fingerprint density at radius 3 is 2.66 bits per heavy atom. The Balaban J connectivity index is 1.58. The molecule has 1 saturated carbocycles. The Morgan fingerprint density at radius 1 is 1.20 bits per heavy atom. The summed E-state index contributed by atoms with van der Waals surface area (Å²) in [4.78, 5) is 27.4. The Labute approximate surface area is 203 Å². The highest BCUT2D eigenvalue weighted by Gasteiger charge is 2.30. The Kier molecular flexibility index (Phi) is 6.72. The molecule has 1 aromatic carbocycles. The molecule has 2 aromatic heterocycles. The van der Waals surface area contributed by atoms with Gasteiger partial charge in [0.2, 0.25) is 10.0 Å². The first-order valence-corrected chi connectivity index (χ1v) is 13.7. The highest BCUT2D eigenvalue weighted by atomic mass is 32.2. The topological polar surface area (TPSA) is 122 Å². The van der Waals surface area contributed by atoms with Crippen molar-refractivity contribution in [2.24, 2.45) is 5.92 Å². The van der Waals surface area contributed by atoms with Gasteiger partial charge in [-0.1, -0.05) is 24.6 Å². The van der Waals surface area contributed by atoms with Crippen LogP contribution in [-0.4, -0.2) is 55.2 Å². The second-order valence-electron chi connectivity index (χ2n) is 9.07. The van der Waals surface area contributed by atoms with Crippen LogP contribution >= 0.6 is 0 Å². The zero-order valence-electron chi connectivity index (χ0n) is 19.5. The molecule has 0 bridgehead atoms. The van der Waals surface area contributed by atoms with Crippen molar-refractivity contribution < 1.29 is 27.7 Å². The van der Waals surface area contributed by atoms with Crippen molar-refractivity contribution in [3.05, 3.63) is 47.8 Å². The maximum absolute atomic E-state index is 12.8. The van der Waals surface area contributed by atoms with E-state index < -0.39 is 15.9 Å². The first kappa shape index (κ1) is 23.7. The molecule has 1 aliphatic heterocycles. The number of aromatic nitrogens is 3. The van der Waals surface area contributed by atoms with Crippen LogP contribution in [0.3, 0.4) is 0 Å². The number of amides is 1. The molecule has 5 rings (SSSR count). The van der Waals surface area contributed by atoms with Gasteiger partial charge in [0.25, 0.3) is 5.91 Å². The number of benzene rings is 1. The highest BCUT2D eigenvalue weighted by Crippen LogP contribution is 2.42. The van der Waals surface area contributed by atoms with Crippen LogP contribution < -0.4 is 9.46 Å². The van der Waals surface area contributed by atoms with Gasteiger partial charge in [-0.3, -0.25) is 4.79 Å². The average Bonchev–Trinajstić information content (AvgIpc) is 3.17. The summed E-state index contributed by atoms with van der Waals surface area (Å²) >= 11 is 0. The van der Waals surface area contributed by atoms with Crippen molar-refractivity contribution in [1.82, 2.24) is 19.5 Å². The minimum Gasteiger partial charge on any atom is -0.493 e. The quantitative estimate of drug-likeness (QED) is 0.468. The molecule has 1 unspecified atom stereocenters. The number of hydrogen-bond acceptors (Lipinski definition) is 8. The van der Waals surface area contributed by atoms with E-state index in [1.807, 2.05) is 35.1 Å². The lowest BCUT2D eigenvalue weighted by atomic mass is 9.82. The Bertz CT molecular complexity index is 1310. The van der Waals surface area contributed by atoms with Crippen LogP contribution in [0.2, 0.25) is 0 Å². The zero-order chi connectivity index (χ0) is 24.4. The molecule has 35 heavy (non-hydrogen) atoms. The molecule has 2 fully saturated rings. The molecule has 1 aliphatic carbocycles. The number of carbonyl (C=O) groups excluding carboxylic acids is 1. The number of pyridine rings is 1. The number of ether oxygens (including phenoxy) is 1. The molecule has 1 atom stereocenters. The zero-order valence-corrected chi connectivity index (χ0v) is 20.3. The number of para-hydroxylation sites is 1. The number of carbonyl (C=O) groups is 1. The van der Waals surface area contributed by atoms with Gasteiger partial charge < -0.3 is 4.74 Å². The summed E-state index contributed by atoms with van der Waals surface area (Å²) in [6, 6.07) is 11.1. The summed E-state index contributed by atoms with van der Waals surface area (Å²) in [7, 11) is -3.76. The molecular formula is C24H28N4O6S. The van der Waals surface area contributed by atoms with Crippen LogP contribution in [0.25, 0.3) is 16.7 Å². The summed E-state index contributed by atoms with van der Waals surface area (Å²) in [6.45, 7) is 1.47. The largest absolute Gasteiger partial charge is 0.493 e. The summed E-state index contributed by atoms with van der Waals surface area (Å²) in [5, 5.41) is 5.66. The van der Waals surface area contributed by atoms with Crippen LogP contribution in [0.4, 0.5) is 0 Å². The Hall–Kier alpha value is -3.02. The van der Waals surface area contributed by atoms with Crippen LogP contribution in [-0.2, 0) is 19.8 Å². The summed E-state index contributed by atoms with van der Waals surface area (Å²) in [5.41, 5.74) is 2.09. The second kappa shape index (κ2) is 9.92.